The van der Waals surface area contributed by atoms with E-state index in [-0.39, 0.29) is 29.7 Å². The molecule has 0 aromatic heterocycles. The number of halogens is 3. The summed E-state index contributed by atoms with van der Waals surface area (Å²) in [5.41, 5.74) is -1.21. The van der Waals surface area contributed by atoms with Crippen molar-refractivity contribution >= 4 is 29.1 Å². The zero-order chi connectivity index (χ0) is 17.5. The maximum absolute atomic E-state index is 13.6. The van der Waals surface area contributed by atoms with Crippen LogP contribution in [0.3, 0.4) is 0 Å². The number of rotatable bonds is 4. The molecule has 130 valence electrons. The van der Waals surface area contributed by atoms with Crippen LogP contribution in [0, 0.1) is 11.7 Å². The summed E-state index contributed by atoms with van der Waals surface area (Å²) in [6.45, 7) is -0.224. The van der Waals surface area contributed by atoms with Gasteiger partial charge in [-0.2, -0.15) is 0 Å². The van der Waals surface area contributed by atoms with E-state index in [0.29, 0.717) is 18.7 Å². The number of amides is 2. The van der Waals surface area contributed by atoms with Crippen LogP contribution in [0.5, 0.6) is 0 Å². The van der Waals surface area contributed by atoms with Crippen LogP contribution in [0.1, 0.15) is 19.3 Å². The molecule has 2 amide bonds. The summed E-state index contributed by atoms with van der Waals surface area (Å²) in [4.78, 5) is 25.9. The van der Waals surface area contributed by atoms with Crippen LogP contribution in [-0.2, 0) is 9.59 Å². The minimum absolute atomic E-state index is 0.0342. The molecule has 3 rings (SSSR count). The Kier molecular flexibility index (Phi) is 4.48. The van der Waals surface area contributed by atoms with Crippen LogP contribution in [0.2, 0.25) is 5.02 Å². The van der Waals surface area contributed by atoms with E-state index in [9.17, 15) is 18.4 Å². The minimum Gasteiger partial charge on any atom is -0.393 e. The van der Waals surface area contributed by atoms with E-state index in [1.807, 2.05) is 0 Å². The highest BCUT2D eigenvalue weighted by Gasteiger charge is 2.48. The van der Waals surface area contributed by atoms with Crippen molar-refractivity contribution in [1.82, 2.24) is 5.32 Å². The van der Waals surface area contributed by atoms with Gasteiger partial charge in [-0.15, -0.1) is 0 Å². The third-order valence-corrected chi connectivity index (χ3v) is 4.91. The van der Waals surface area contributed by atoms with Crippen molar-refractivity contribution in [3.8, 4) is 0 Å². The fourth-order valence-corrected chi connectivity index (χ4v) is 3.33. The zero-order valence-electron chi connectivity index (χ0n) is 12.8. The Morgan fingerprint density at radius 2 is 2.17 bits per heavy atom. The molecule has 2 aliphatic rings. The second kappa shape index (κ2) is 6.29. The number of hydrogen-bond donors (Lipinski definition) is 2. The number of hydrogen-bond acceptors (Lipinski definition) is 3. The van der Waals surface area contributed by atoms with Crippen molar-refractivity contribution in [3.05, 3.63) is 29.0 Å². The number of nitrogens with one attached hydrogen (secondary N) is 1. The molecule has 0 bridgehead atoms. The Labute approximate surface area is 142 Å². The van der Waals surface area contributed by atoms with Gasteiger partial charge >= 0.3 is 0 Å². The smallest absolute Gasteiger partial charge is 0.249 e. The molecular formula is C16H17ClF2N2O3. The van der Waals surface area contributed by atoms with Crippen LogP contribution < -0.4 is 10.2 Å². The van der Waals surface area contributed by atoms with E-state index >= 15 is 0 Å². The number of anilines is 1. The third kappa shape index (κ3) is 3.10. The molecule has 2 N–H and O–H groups in total. The predicted molar refractivity (Wildman–Crippen MR) is 84.0 cm³/mol. The number of carbonyl (C=O) groups excluding carboxylic acids is 2. The van der Waals surface area contributed by atoms with Crippen molar-refractivity contribution in [3.63, 3.8) is 0 Å². The van der Waals surface area contributed by atoms with Crippen molar-refractivity contribution < 1.29 is 23.5 Å². The van der Waals surface area contributed by atoms with Crippen LogP contribution in [0.4, 0.5) is 14.5 Å². The van der Waals surface area contributed by atoms with Gasteiger partial charge in [0.1, 0.15) is 17.5 Å². The molecule has 1 aromatic carbocycles. The maximum Gasteiger partial charge on any atom is 0.249 e. The van der Waals surface area contributed by atoms with Crippen LogP contribution in [0.25, 0.3) is 0 Å². The van der Waals surface area contributed by atoms with Crippen molar-refractivity contribution in [2.75, 3.05) is 18.1 Å². The molecular weight excluding hydrogens is 342 g/mol. The van der Waals surface area contributed by atoms with Gasteiger partial charge in [-0.1, -0.05) is 11.6 Å². The van der Waals surface area contributed by atoms with Gasteiger partial charge in [-0.25, -0.2) is 8.78 Å². The lowest BCUT2D eigenvalue weighted by atomic mass is 9.72. The van der Waals surface area contributed by atoms with E-state index in [4.69, 9.17) is 16.7 Å². The van der Waals surface area contributed by atoms with Crippen LogP contribution in [-0.4, -0.2) is 41.8 Å². The summed E-state index contributed by atoms with van der Waals surface area (Å²) in [6, 6.07) is 3.31. The third-order valence-electron chi connectivity index (χ3n) is 4.62. The number of aliphatic hydroxyl groups is 1. The highest BCUT2D eigenvalue weighted by atomic mass is 35.5. The lowest BCUT2D eigenvalue weighted by Gasteiger charge is -2.39. The summed E-state index contributed by atoms with van der Waals surface area (Å²) < 4.78 is 26.9. The first-order chi connectivity index (χ1) is 11.3. The molecule has 1 atom stereocenters. The molecule has 1 aromatic rings. The zero-order valence-corrected chi connectivity index (χ0v) is 13.5. The molecule has 1 heterocycles. The molecule has 8 heteroatoms. The number of aliphatic hydroxyl groups excluding tert-OH is 1. The van der Waals surface area contributed by atoms with Gasteiger partial charge in [-0.05, 0) is 37.5 Å². The van der Waals surface area contributed by atoms with Gasteiger partial charge in [0.2, 0.25) is 11.8 Å². The SMILES string of the molecule is O=C(NC1CCN(c2ccc(F)c(Cl)c2)C1=O)C1CC(F)(CO)C1. The second-order valence-corrected chi connectivity index (χ2v) is 6.76. The van der Waals surface area contributed by atoms with Gasteiger partial charge in [-0.3, -0.25) is 9.59 Å². The highest BCUT2D eigenvalue weighted by Crippen LogP contribution is 2.41. The first kappa shape index (κ1) is 17.1. The molecule has 1 unspecified atom stereocenters. The van der Waals surface area contributed by atoms with E-state index in [1.54, 1.807) is 0 Å². The molecule has 1 aliphatic heterocycles. The Bertz CT molecular complexity index is 679. The first-order valence-electron chi connectivity index (χ1n) is 7.69. The lowest BCUT2D eigenvalue weighted by Crippen LogP contribution is -2.52. The summed E-state index contributed by atoms with van der Waals surface area (Å²) in [7, 11) is 0. The summed E-state index contributed by atoms with van der Waals surface area (Å²) in [5, 5.41) is 11.4. The molecule has 2 fully saturated rings. The average molecular weight is 359 g/mol. The number of carbonyl (C=O) groups is 2. The first-order valence-corrected chi connectivity index (χ1v) is 8.07. The summed E-state index contributed by atoms with van der Waals surface area (Å²) in [5.74, 6) is -1.78. The van der Waals surface area contributed by atoms with E-state index < -0.39 is 30.1 Å². The fourth-order valence-electron chi connectivity index (χ4n) is 3.15. The highest BCUT2D eigenvalue weighted by molar-refractivity contribution is 6.31. The summed E-state index contributed by atoms with van der Waals surface area (Å²) in [6.07, 6.45) is 0.341. The van der Waals surface area contributed by atoms with E-state index in [2.05, 4.69) is 5.32 Å². The quantitative estimate of drug-likeness (QED) is 0.862. The van der Waals surface area contributed by atoms with Gasteiger partial charge < -0.3 is 15.3 Å². The predicted octanol–water partition coefficient (Wildman–Crippen LogP) is 1.81. The monoisotopic (exact) mass is 358 g/mol. The van der Waals surface area contributed by atoms with Crippen molar-refractivity contribution in [1.29, 1.82) is 0 Å². The Hall–Kier alpha value is -1.73. The molecule has 0 spiro atoms. The maximum atomic E-state index is 13.6. The van der Waals surface area contributed by atoms with Gasteiger partial charge in [0, 0.05) is 18.2 Å². The number of nitrogens with zero attached hydrogens (tertiary/aromatic N) is 1. The molecule has 1 saturated carbocycles. The Morgan fingerprint density at radius 1 is 1.46 bits per heavy atom. The van der Waals surface area contributed by atoms with Gasteiger partial charge in [0.05, 0.1) is 11.6 Å². The average Bonchev–Trinajstić information content (AvgIpc) is 2.88. The molecule has 24 heavy (non-hydrogen) atoms. The van der Waals surface area contributed by atoms with Crippen LogP contribution >= 0.6 is 11.6 Å². The standard InChI is InChI=1S/C16H17ClF2N2O3/c17-11-5-10(1-2-12(11)18)21-4-3-13(15(21)24)20-14(23)9-6-16(19,7-9)8-22/h1-2,5,9,13,22H,3-4,6-8H2,(H,20,23). The van der Waals surface area contributed by atoms with Gasteiger partial charge in [0.25, 0.3) is 0 Å². The topological polar surface area (TPSA) is 69.6 Å². The normalized spacial score (nSPS) is 29.5. The lowest BCUT2D eigenvalue weighted by molar-refractivity contribution is -0.138. The van der Waals surface area contributed by atoms with Crippen molar-refractivity contribution in [2.24, 2.45) is 5.92 Å². The van der Waals surface area contributed by atoms with Crippen LogP contribution in [0.15, 0.2) is 18.2 Å². The molecule has 1 saturated heterocycles. The molecule has 5 nitrogen and oxygen atoms in total. The number of alkyl halides is 1. The van der Waals surface area contributed by atoms with Crippen molar-refractivity contribution in [2.45, 2.75) is 31.0 Å². The Balaban J connectivity index is 1.60. The second-order valence-electron chi connectivity index (χ2n) is 6.35. The fraction of sp³-hybridized carbons (Fsp3) is 0.500. The molecule has 1 aliphatic carbocycles. The number of benzene rings is 1. The van der Waals surface area contributed by atoms with E-state index in [0.717, 1.165) is 0 Å². The Morgan fingerprint density at radius 3 is 2.79 bits per heavy atom. The largest absolute Gasteiger partial charge is 0.393 e. The summed E-state index contributed by atoms with van der Waals surface area (Å²) >= 11 is 5.73. The van der Waals surface area contributed by atoms with Gasteiger partial charge in [0.15, 0.2) is 0 Å². The van der Waals surface area contributed by atoms with E-state index in [1.165, 1.54) is 23.1 Å². The molecule has 0 radical (unpaired) electrons. The minimum atomic E-state index is -1.68.